The molecule has 19 heavy (non-hydrogen) atoms. The lowest BCUT2D eigenvalue weighted by Gasteiger charge is -2.25. The van der Waals surface area contributed by atoms with E-state index >= 15 is 0 Å². The van der Waals surface area contributed by atoms with Gasteiger partial charge in [0.2, 0.25) is 5.91 Å². The largest absolute Gasteiger partial charge is 0.381 e. The first kappa shape index (κ1) is 13.1. The van der Waals surface area contributed by atoms with Crippen LogP contribution in [0.15, 0.2) is 17.5 Å². The van der Waals surface area contributed by atoms with Crippen LogP contribution in [0.2, 0.25) is 0 Å². The van der Waals surface area contributed by atoms with E-state index in [1.807, 2.05) is 0 Å². The standard InChI is InChI=1S/C15H21NO2S/c17-15(6-5-14-2-1-9-19-14)16(13-3-4-13)10-12-7-8-18-11-12/h1-2,9,12-13H,3-8,10-11H2/t12-/m1/s1. The summed E-state index contributed by atoms with van der Waals surface area (Å²) in [6, 6.07) is 4.69. The lowest BCUT2D eigenvalue weighted by molar-refractivity contribution is -0.132. The summed E-state index contributed by atoms with van der Waals surface area (Å²) in [5.41, 5.74) is 0. The maximum atomic E-state index is 12.4. The summed E-state index contributed by atoms with van der Waals surface area (Å²) in [5.74, 6) is 0.897. The number of thiophene rings is 1. The summed E-state index contributed by atoms with van der Waals surface area (Å²) in [4.78, 5) is 15.8. The Morgan fingerprint density at radius 3 is 2.95 bits per heavy atom. The van der Waals surface area contributed by atoms with Crippen molar-refractivity contribution in [1.29, 1.82) is 0 Å². The van der Waals surface area contributed by atoms with Gasteiger partial charge in [0.25, 0.3) is 0 Å². The van der Waals surface area contributed by atoms with E-state index in [-0.39, 0.29) is 0 Å². The highest BCUT2D eigenvalue weighted by Crippen LogP contribution is 2.29. The highest BCUT2D eigenvalue weighted by molar-refractivity contribution is 7.09. The van der Waals surface area contributed by atoms with E-state index in [1.165, 1.54) is 17.7 Å². The zero-order valence-electron chi connectivity index (χ0n) is 11.2. The number of rotatable bonds is 6. The van der Waals surface area contributed by atoms with Crippen LogP contribution in [0.25, 0.3) is 0 Å². The van der Waals surface area contributed by atoms with Crippen molar-refractivity contribution in [3.8, 4) is 0 Å². The van der Waals surface area contributed by atoms with Gasteiger partial charge in [0, 0.05) is 36.4 Å². The summed E-state index contributed by atoms with van der Waals surface area (Å²) in [7, 11) is 0. The molecule has 4 heteroatoms. The molecule has 1 aromatic heterocycles. The van der Waals surface area contributed by atoms with Crippen molar-refractivity contribution in [1.82, 2.24) is 4.90 Å². The normalized spacial score (nSPS) is 22.6. The zero-order valence-corrected chi connectivity index (χ0v) is 12.0. The summed E-state index contributed by atoms with van der Waals surface area (Å²) in [5, 5.41) is 2.08. The van der Waals surface area contributed by atoms with Crippen LogP contribution >= 0.6 is 11.3 Å². The molecule has 2 fully saturated rings. The fourth-order valence-electron chi connectivity index (χ4n) is 2.67. The zero-order chi connectivity index (χ0) is 13.1. The van der Waals surface area contributed by atoms with E-state index in [2.05, 4.69) is 22.4 Å². The van der Waals surface area contributed by atoms with Gasteiger partial charge in [-0.15, -0.1) is 11.3 Å². The Kier molecular flexibility index (Phi) is 4.18. The first-order chi connectivity index (χ1) is 9.33. The van der Waals surface area contributed by atoms with Crippen LogP contribution < -0.4 is 0 Å². The Morgan fingerprint density at radius 2 is 2.32 bits per heavy atom. The molecule has 2 heterocycles. The molecule has 1 aromatic rings. The summed E-state index contributed by atoms with van der Waals surface area (Å²) in [6.45, 7) is 2.61. The van der Waals surface area contributed by atoms with E-state index < -0.39 is 0 Å². The van der Waals surface area contributed by atoms with Gasteiger partial charge in [-0.25, -0.2) is 0 Å². The average molecular weight is 279 g/mol. The van der Waals surface area contributed by atoms with Crippen LogP contribution in [0.4, 0.5) is 0 Å². The Balaban J connectivity index is 1.52. The van der Waals surface area contributed by atoms with Gasteiger partial charge in [0.05, 0.1) is 6.61 Å². The number of hydrogen-bond acceptors (Lipinski definition) is 3. The Morgan fingerprint density at radius 1 is 1.42 bits per heavy atom. The van der Waals surface area contributed by atoms with Gasteiger partial charge in [-0.1, -0.05) is 6.07 Å². The molecule has 104 valence electrons. The van der Waals surface area contributed by atoms with Crippen LogP contribution in [0.1, 0.15) is 30.6 Å². The lowest BCUT2D eigenvalue weighted by Crippen LogP contribution is -2.37. The maximum absolute atomic E-state index is 12.4. The molecule has 0 radical (unpaired) electrons. The number of aryl methyl sites for hydroxylation is 1. The first-order valence-electron chi connectivity index (χ1n) is 7.22. The molecule has 3 nitrogen and oxygen atoms in total. The summed E-state index contributed by atoms with van der Waals surface area (Å²) >= 11 is 1.74. The molecule has 1 saturated heterocycles. The topological polar surface area (TPSA) is 29.5 Å². The van der Waals surface area contributed by atoms with Crippen LogP contribution in [0, 0.1) is 5.92 Å². The number of carbonyl (C=O) groups is 1. The van der Waals surface area contributed by atoms with Crippen molar-refractivity contribution in [3.63, 3.8) is 0 Å². The van der Waals surface area contributed by atoms with E-state index in [9.17, 15) is 4.79 Å². The number of amides is 1. The third-order valence-electron chi connectivity index (χ3n) is 3.95. The molecular weight excluding hydrogens is 258 g/mol. The molecule has 2 aliphatic rings. The van der Waals surface area contributed by atoms with Crippen molar-refractivity contribution < 1.29 is 9.53 Å². The molecule has 1 aliphatic heterocycles. The van der Waals surface area contributed by atoms with Crippen molar-refractivity contribution in [3.05, 3.63) is 22.4 Å². The molecule has 1 aliphatic carbocycles. The van der Waals surface area contributed by atoms with E-state index in [0.29, 0.717) is 24.3 Å². The van der Waals surface area contributed by atoms with Gasteiger partial charge in [-0.05, 0) is 37.1 Å². The number of nitrogens with zero attached hydrogens (tertiary/aromatic N) is 1. The Labute approximate surface area is 118 Å². The Bertz CT molecular complexity index is 408. The fraction of sp³-hybridized carbons (Fsp3) is 0.667. The predicted octanol–water partition coefficient (Wildman–Crippen LogP) is 2.71. The van der Waals surface area contributed by atoms with Gasteiger partial charge in [-0.2, -0.15) is 0 Å². The van der Waals surface area contributed by atoms with Crippen LogP contribution in [-0.4, -0.2) is 36.6 Å². The third kappa shape index (κ3) is 3.57. The molecule has 0 unspecified atom stereocenters. The lowest BCUT2D eigenvalue weighted by atomic mass is 10.1. The van der Waals surface area contributed by atoms with Crippen LogP contribution in [-0.2, 0) is 16.0 Å². The number of carbonyl (C=O) groups excluding carboxylic acids is 1. The summed E-state index contributed by atoms with van der Waals surface area (Å²) in [6.07, 6.45) is 5.05. The van der Waals surface area contributed by atoms with Gasteiger partial charge in [-0.3, -0.25) is 4.79 Å². The summed E-state index contributed by atoms with van der Waals surface area (Å²) < 4.78 is 5.42. The van der Waals surface area contributed by atoms with Crippen molar-refractivity contribution >= 4 is 17.2 Å². The van der Waals surface area contributed by atoms with E-state index in [0.717, 1.165) is 32.6 Å². The molecule has 1 amide bonds. The fourth-order valence-corrected chi connectivity index (χ4v) is 3.38. The first-order valence-corrected chi connectivity index (χ1v) is 8.10. The highest BCUT2D eigenvalue weighted by Gasteiger charge is 2.34. The minimum Gasteiger partial charge on any atom is -0.381 e. The SMILES string of the molecule is O=C(CCc1cccs1)N(C[C@H]1CCOC1)C1CC1. The monoisotopic (exact) mass is 279 g/mol. The van der Waals surface area contributed by atoms with E-state index in [1.54, 1.807) is 11.3 Å². The van der Waals surface area contributed by atoms with Gasteiger partial charge >= 0.3 is 0 Å². The van der Waals surface area contributed by atoms with Crippen molar-refractivity contribution in [2.45, 2.75) is 38.1 Å². The number of hydrogen-bond donors (Lipinski definition) is 0. The Hall–Kier alpha value is -0.870. The maximum Gasteiger partial charge on any atom is 0.223 e. The quantitative estimate of drug-likeness (QED) is 0.801. The highest BCUT2D eigenvalue weighted by atomic mass is 32.1. The van der Waals surface area contributed by atoms with Crippen molar-refractivity contribution in [2.75, 3.05) is 19.8 Å². The molecular formula is C15H21NO2S. The van der Waals surface area contributed by atoms with Crippen molar-refractivity contribution in [2.24, 2.45) is 5.92 Å². The smallest absolute Gasteiger partial charge is 0.223 e. The minimum absolute atomic E-state index is 0.336. The molecule has 0 aromatic carbocycles. The van der Waals surface area contributed by atoms with Crippen LogP contribution in [0.5, 0.6) is 0 Å². The average Bonchev–Trinajstić information content (AvgIpc) is 2.94. The van der Waals surface area contributed by atoms with Crippen LogP contribution in [0.3, 0.4) is 0 Å². The minimum atomic E-state index is 0.336. The predicted molar refractivity (Wildman–Crippen MR) is 76.3 cm³/mol. The molecule has 1 saturated carbocycles. The third-order valence-corrected chi connectivity index (χ3v) is 4.89. The molecule has 0 spiro atoms. The molecule has 1 atom stereocenters. The number of ether oxygens (including phenoxy) is 1. The van der Waals surface area contributed by atoms with Gasteiger partial charge in [0.15, 0.2) is 0 Å². The second kappa shape index (κ2) is 6.06. The second-order valence-electron chi connectivity index (χ2n) is 5.59. The van der Waals surface area contributed by atoms with E-state index in [4.69, 9.17) is 4.74 Å². The van der Waals surface area contributed by atoms with Gasteiger partial charge < -0.3 is 9.64 Å². The molecule has 0 N–H and O–H groups in total. The molecule has 0 bridgehead atoms. The van der Waals surface area contributed by atoms with Gasteiger partial charge in [0.1, 0.15) is 0 Å². The second-order valence-corrected chi connectivity index (χ2v) is 6.62. The molecule has 3 rings (SSSR count).